The third kappa shape index (κ3) is 6.02. The van der Waals surface area contributed by atoms with Crippen LogP contribution in [0, 0.1) is 0 Å². The highest BCUT2D eigenvalue weighted by molar-refractivity contribution is 8.00. The molecule has 10 heteroatoms. The predicted molar refractivity (Wildman–Crippen MR) is 149 cm³/mol. The number of hydrogen-bond donors (Lipinski definition) is 1. The third-order valence-electron chi connectivity index (χ3n) is 6.07. The fourth-order valence-corrected chi connectivity index (χ4v) is 6.46. The first-order valence-electron chi connectivity index (χ1n) is 12.2. The number of thiophene rings is 1. The van der Waals surface area contributed by atoms with Gasteiger partial charge < -0.3 is 14.8 Å². The summed E-state index contributed by atoms with van der Waals surface area (Å²) in [7, 11) is 3.26. The summed E-state index contributed by atoms with van der Waals surface area (Å²) in [4.78, 5) is 29.3. The number of aromatic nitrogens is 2. The number of nitrogens with one attached hydrogen (secondary N) is 1. The summed E-state index contributed by atoms with van der Waals surface area (Å²) in [5.74, 6) is 1.31. The molecule has 1 N–H and O–H groups in total. The van der Waals surface area contributed by atoms with Crippen molar-refractivity contribution in [2.24, 2.45) is 0 Å². The minimum Gasteiger partial charge on any atom is -0.497 e. The fraction of sp³-hybridized carbons (Fsp3) is 0.444. The molecule has 198 valence electrons. The van der Waals surface area contributed by atoms with Crippen molar-refractivity contribution in [3.05, 3.63) is 57.9 Å². The Labute approximate surface area is 226 Å². The lowest BCUT2D eigenvalue weighted by Crippen LogP contribution is -2.42. The Bertz CT molecular complexity index is 1220. The summed E-state index contributed by atoms with van der Waals surface area (Å²) < 4.78 is 12.2. The van der Waals surface area contributed by atoms with E-state index in [-0.39, 0.29) is 34.8 Å². The van der Waals surface area contributed by atoms with Crippen LogP contribution in [0.5, 0.6) is 5.75 Å². The van der Waals surface area contributed by atoms with E-state index in [0.717, 1.165) is 27.6 Å². The van der Waals surface area contributed by atoms with E-state index in [4.69, 9.17) is 14.6 Å². The van der Waals surface area contributed by atoms with E-state index in [1.54, 1.807) is 42.2 Å². The summed E-state index contributed by atoms with van der Waals surface area (Å²) in [6.07, 6.45) is 0.704. The zero-order chi connectivity index (χ0) is 26.6. The number of anilines is 1. The molecule has 1 aliphatic heterocycles. The van der Waals surface area contributed by atoms with Crippen LogP contribution >= 0.6 is 23.1 Å². The normalized spacial score (nSPS) is 15.9. The van der Waals surface area contributed by atoms with Crippen LogP contribution in [0.15, 0.2) is 41.8 Å². The number of hydrogen-bond acceptors (Lipinski definition) is 7. The molecule has 3 aromatic rings. The first kappa shape index (κ1) is 27.2. The Balaban J connectivity index is 1.87. The van der Waals surface area contributed by atoms with Crippen LogP contribution < -0.4 is 15.0 Å². The number of fused-ring (bicyclic) bond motifs is 1. The summed E-state index contributed by atoms with van der Waals surface area (Å²) >= 11 is 3.26. The lowest BCUT2D eigenvalue weighted by atomic mass is 9.88. The van der Waals surface area contributed by atoms with Crippen molar-refractivity contribution >= 4 is 40.7 Å². The number of thioether (sulfide) groups is 1. The van der Waals surface area contributed by atoms with Crippen molar-refractivity contribution in [1.82, 2.24) is 15.1 Å². The van der Waals surface area contributed by atoms with Crippen LogP contribution in [0.4, 0.5) is 5.82 Å². The van der Waals surface area contributed by atoms with Crippen LogP contribution in [0.2, 0.25) is 0 Å². The molecule has 2 aromatic heterocycles. The third-order valence-corrected chi connectivity index (χ3v) is 8.39. The first-order valence-corrected chi connectivity index (χ1v) is 14.2. The molecule has 0 spiro atoms. The van der Waals surface area contributed by atoms with Gasteiger partial charge in [0, 0.05) is 36.1 Å². The van der Waals surface area contributed by atoms with E-state index >= 15 is 0 Å². The Hall–Kier alpha value is -2.82. The van der Waals surface area contributed by atoms with E-state index in [2.05, 4.69) is 37.5 Å². The van der Waals surface area contributed by atoms with E-state index in [1.807, 2.05) is 35.0 Å². The molecule has 1 aromatic carbocycles. The van der Waals surface area contributed by atoms with Crippen molar-refractivity contribution in [3.63, 3.8) is 0 Å². The van der Waals surface area contributed by atoms with Crippen LogP contribution in [0.1, 0.15) is 48.6 Å². The van der Waals surface area contributed by atoms with Crippen LogP contribution in [0.3, 0.4) is 0 Å². The van der Waals surface area contributed by atoms with Crippen LogP contribution in [0.25, 0.3) is 5.69 Å². The van der Waals surface area contributed by atoms with Gasteiger partial charge in [-0.15, -0.1) is 23.1 Å². The molecule has 0 aliphatic carbocycles. The lowest BCUT2D eigenvalue weighted by Gasteiger charge is -2.24. The van der Waals surface area contributed by atoms with Gasteiger partial charge in [0.2, 0.25) is 11.8 Å². The molecule has 2 amide bonds. The van der Waals surface area contributed by atoms with Gasteiger partial charge in [0.05, 0.1) is 29.5 Å². The zero-order valence-corrected chi connectivity index (χ0v) is 23.6. The highest BCUT2D eigenvalue weighted by Gasteiger charge is 2.40. The van der Waals surface area contributed by atoms with Gasteiger partial charge in [-0.3, -0.25) is 14.5 Å². The van der Waals surface area contributed by atoms with Gasteiger partial charge in [-0.05, 0) is 42.1 Å². The van der Waals surface area contributed by atoms with E-state index < -0.39 is 0 Å². The highest BCUT2D eigenvalue weighted by Crippen LogP contribution is 2.49. The second kappa shape index (κ2) is 11.7. The number of benzene rings is 1. The smallest absolute Gasteiger partial charge is 0.240 e. The molecule has 4 rings (SSSR count). The predicted octanol–water partition coefficient (Wildman–Crippen LogP) is 4.56. The van der Waals surface area contributed by atoms with Gasteiger partial charge in [-0.25, -0.2) is 4.68 Å². The molecule has 0 unspecified atom stereocenters. The first-order chi connectivity index (χ1) is 17.7. The number of carbonyl (C=O) groups excluding carboxylic acids is 2. The minimum atomic E-state index is -0.292. The van der Waals surface area contributed by atoms with E-state index in [0.29, 0.717) is 25.4 Å². The number of carbonyl (C=O) groups is 2. The molecule has 1 aliphatic rings. The standard InChI is InChI=1S/C27H34N4O4S2/c1-27(2,3)25-23-24(20-8-6-15-36-20)37-17-22(33)30(16-21(32)28-13-7-14-34-4)26(23)31(29-25)18-9-11-19(35-5)12-10-18/h6,8-12,15,24H,7,13-14,16-17H2,1-5H3,(H,28,32)/t24-/m0/s1. The highest BCUT2D eigenvalue weighted by atomic mass is 32.2. The van der Waals surface area contributed by atoms with Gasteiger partial charge in [0.1, 0.15) is 18.1 Å². The average Bonchev–Trinajstić information content (AvgIpc) is 3.52. The fourth-order valence-electron chi connectivity index (χ4n) is 4.29. The van der Waals surface area contributed by atoms with Crippen molar-refractivity contribution in [1.29, 1.82) is 0 Å². The van der Waals surface area contributed by atoms with E-state index in [1.165, 1.54) is 0 Å². The summed E-state index contributed by atoms with van der Waals surface area (Å²) in [6.45, 7) is 7.35. The molecule has 1 atom stereocenters. The molecule has 0 saturated heterocycles. The van der Waals surface area contributed by atoms with E-state index in [9.17, 15) is 9.59 Å². The number of ether oxygens (including phenoxy) is 2. The Morgan fingerprint density at radius 1 is 1.19 bits per heavy atom. The number of nitrogens with zero attached hydrogens (tertiary/aromatic N) is 3. The summed E-state index contributed by atoms with van der Waals surface area (Å²) in [5.41, 5.74) is 2.39. The Morgan fingerprint density at radius 3 is 2.57 bits per heavy atom. The van der Waals surface area contributed by atoms with Gasteiger partial charge in [0.25, 0.3) is 0 Å². The molecule has 0 bridgehead atoms. The number of methoxy groups -OCH3 is 2. The SMILES string of the molecule is COCCCNC(=O)CN1C(=O)CS[C@@H](c2cccs2)c2c(C(C)(C)C)nn(-c3ccc(OC)cc3)c21. The monoisotopic (exact) mass is 542 g/mol. The van der Waals surface area contributed by atoms with Crippen molar-refractivity contribution in [3.8, 4) is 11.4 Å². The topological polar surface area (TPSA) is 85.7 Å². The molecule has 0 radical (unpaired) electrons. The second-order valence-electron chi connectivity index (χ2n) is 9.83. The molecule has 0 fully saturated rings. The molecular formula is C27H34N4O4S2. The maximum Gasteiger partial charge on any atom is 0.240 e. The zero-order valence-electron chi connectivity index (χ0n) is 21.9. The van der Waals surface area contributed by atoms with Crippen molar-refractivity contribution in [2.75, 3.05) is 44.6 Å². The molecule has 8 nitrogen and oxygen atoms in total. The van der Waals surface area contributed by atoms with Gasteiger partial charge in [-0.1, -0.05) is 26.8 Å². The average molecular weight is 543 g/mol. The van der Waals surface area contributed by atoms with Gasteiger partial charge in [-0.2, -0.15) is 5.10 Å². The van der Waals surface area contributed by atoms with Crippen LogP contribution in [-0.2, 0) is 19.7 Å². The number of rotatable bonds is 9. The van der Waals surface area contributed by atoms with Crippen molar-refractivity contribution < 1.29 is 19.1 Å². The summed E-state index contributed by atoms with van der Waals surface area (Å²) in [6, 6.07) is 11.7. The maximum absolute atomic E-state index is 13.6. The molecule has 37 heavy (non-hydrogen) atoms. The van der Waals surface area contributed by atoms with Crippen molar-refractivity contribution in [2.45, 2.75) is 37.9 Å². The lowest BCUT2D eigenvalue weighted by molar-refractivity contribution is -0.122. The summed E-state index contributed by atoms with van der Waals surface area (Å²) in [5, 5.41) is 10.00. The largest absolute Gasteiger partial charge is 0.497 e. The Morgan fingerprint density at radius 2 is 1.95 bits per heavy atom. The number of amides is 2. The molecule has 0 saturated carbocycles. The quantitative estimate of drug-likeness (QED) is 0.399. The molecular weight excluding hydrogens is 508 g/mol. The second-order valence-corrected chi connectivity index (χ2v) is 11.9. The Kier molecular flexibility index (Phi) is 8.61. The van der Waals surface area contributed by atoms with Crippen LogP contribution in [-0.4, -0.2) is 61.3 Å². The minimum absolute atomic E-state index is 0.0741. The van der Waals surface area contributed by atoms with Gasteiger partial charge >= 0.3 is 0 Å². The molecule has 3 heterocycles. The maximum atomic E-state index is 13.6. The van der Waals surface area contributed by atoms with Gasteiger partial charge in [0.15, 0.2) is 0 Å².